The number of aryl methyl sites for hydroxylation is 1. The largest absolute Gasteiger partial charge is 0.316 e. The summed E-state index contributed by atoms with van der Waals surface area (Å²) in [5.41, 5.74) is 2.87. The van der Waals surface area contributed by atoms with Gasteiger partial charge in [-0.1, -0.05) is 57.3 Å². The van der Waals surface area contributed by atoms with Crippen LogP contribution in [0.1, 0.15) is 57.6 Å². The van der Waals surface area contributed by atoms with Crippen LogP contribution in [0.25, 0.3) is 0 Å². The molecule has 0 saturated carbocycles. The summed E-state index contributed by atoms with van der Waals surface area (Å²) in [6.07, 6.45) is 6.11. The molecule has 1 unspecified atom stereocenters. The number of unbranched alkanes of at least 4 members (excludes halogenated alkanes) is 1. The fraction of sp³-hybridized carbons (Fsp3) is 0.667. The van der Waals surface area contributed by atoms with Gasteiger partial charge >= 0.3 is 0 Å². The van der Waals surface area contributed by atoms with E-state index in [1.807, 2.05) is 0 Å². The van der Waals surface area contributed by atoms with Crippen molar-refractivity contribution in [3.8, 4) is 0 Å². The molecule has 1 N–H and O–H groups in total. The Kier molecular flexibility index (Phi) is 7.61. The molecular weight excluding hydrogens is 266 g/mol. The van der Waals surface area contributed by atoms with Crippen LogP contribution in [0.5, 0.6) is 0 Å². The van der Waals surface area contributed by atoms with Gasteiger partial charge in [0, 0.05) is 11.6 Å². The predicted molar refractivity (Wildman–Crippen MR) is 90.7 cm³/mol. The van der Waals surface area contributed by atoms with E-state index in [1.54, 1.807) is 0 Å². The molecule has 1 aromatic rings. The Balaban J connectivity index is 2.90. The highest BCUT2D eigenvalue weighted by molar-refractivity contribution is 6.31. The van der Waals surface area contributed by atoms with Crippen molar-refractivity contribution in [1.29, 1.82) is 0 Å². The zero-order valence-electron chi connectivity index (χ0n) is 13.6. The van der Waals surface area contributed by atoms with E-state index in [-0.39, 0.29) is 0 Å². The molecule has 0 amide bonds. The van der Waals surface area contributed by atoms with Crippen LogP contribution in [0.15, 0.2) is 18.2 Å². The van der Waals surface area contributed by atoms with Crippen molar-refractivity contribution < 1.29 is 0 Å². The summed E-state index contributed by atoms with van der Waals surface area (Å²) in [4.78, 5) is 0. The zero-order chi connectivity index (χ0) is 15.0. The minimum atomic E-state index is 0.338. The molecule has 0 fully saturated rings. The van der Waals surface area contributed by atoms with Gasteiger partial charge in [0.05, 0.1) is 0 Å². The van der Waals surface area contributed by atoms with E-state index in [2.05, 4.69) is 51.2 Å². The van der Waals surface area contributed by atoms with Crippen LogP contribution < -0.4 is 5.32 Å². The highest BCUT2D eigenvalue weighted by Crippen LogP contribution is 2.35. The molecule has 20 heavy (non-hydrogen) atoms. The summed E-state index contributed by atoms with van der Waals surface area (Å²) < 4.78 is 0. The fourth-order valence-corrected chi connectivity index (χ4v) is 3.11. The fourth-order valence-electron chi connectivity index (χ4n) is 2.81. The highest BCUT2D eigenvalue weighted by Gasteiger charge is 2.28. The first-order valence-corrected chi connectivity index (χ1v) is 8.40. The van der Waals surface area contributed by atoms with Crippen molar-refractivity contribution in [3.63, 3.8) is 0 Å². The lowest BCUT2D eigenvalue weighted by molar-refractivity contribution is 0.231. The number of benzene rings is 1. The van der Waals surface area contributed by atoms with Gasteiger partial charge in [0.1, 0.15) is 0 Å². The van der Waals surface area contributed by atoms with Crippen molar-refractivity contribution in [2.24, 2.45) is 5.41 Å². The van der Waals surface area contributed by atoms with Crippen LogP contribution in [0.2, 0.25) is 5.02 Å². The number of hydrogen-bond acceptors (Lipinski definition) is 1. The molecular formula is C18H30ClN. The second-order valence-corrected chi connectivity index (χ2v) is 6.42. The van der Waals surface area contributed by atoms with Gasteiger partial charge in [0.15, 0.2) is 0 Å². The van der Waals surface area contributed by atoms with Gasteiger partial charge in [-0.25, -0.2) is 0 Å². The maximum atomic E-state index is 6.44. The topological polar surface area (TPSA) is 12.0 Å². The van der Waals surface area contributed by atoms with Crippen molar-refractivity contribution in [1.82, 2.24) is 5.32 Å². The Labute approximate surface area is 130 Å². The van der Waals surface area contributed by atoms with Crippen molar-refractivity contribution in [3.05, 3.63) is 34.3 Å². The first-order chi connectivity index (χ1) is 9.56. The summed E-state index contributed by atoms with van der Waals surface area (Å²) in [7, 11) is 0. The van der Waals surface area contributed by atoms with E-state index in [0.717, 1.165) is 24.5 Å². The molecule has 2 heteroatoms. The standard InChI is InChI=1S/C18H30ClN/c1-5-8-11-18(6-2,14-20-7-3)13-16-10-9-15(4)12-17(16)19/h9-10,12,20H,5-8,11,13-14H2,1-4H3. The van der Waals surface area contributed by atoms with E-state index in [1.165, 1.54) is 36.8 Å². The summed E-state index contributed by atoms with van der Waals surface area (Å²) in [5, 5.41) is 4.48. The highest BCUT2D eigenvalue weighted by atomic mass is 35.5. The van der Waals surface area contributed by atoms with E-state index in [4.69, 9.17) is 11.6 Å². The Hall–Kier alpha value is -0.530. The maximum absolute atomic E-state index is 6.44. The molecule has 0 spiro atoms. The normalized spacial score (nSPS) is 14.2. The third-order valence-electron chi connectivity index (χ3n) is 4.33. The predicted octanol–water partition coefficient (Wildman–Crippen LogP) is 5.39. The van der Waals surface area contributed by atoms with E-state index in [0.29, 0.717) is 5.41 Å². The number of halogens is 1. The summed E-state index contributed by atoms with van der Waals surface area (Å²) in [6, 6.07) is 6.47. The first kappa shape index (κ1) is 17.5. The van der Waals surface area contributed by atoms with Gasteiger partial charge in [0.2, 0.25) is 0 Å². The smallest absolute Gasteiger partial charge is 0.0440 e. The van der Waals surface area contributed by atoms with Gasteiger partial charge in [-0.2, -0.15) is 0 Å². The first-order valence-electron chi connectivity index (χ1n) is 8.02. The van der Waals surface area contributed by atoms with E-state index < -0.39 is 0 Å². The van der Waals surface area contributed by atoms with Crippen LogP contribution in [0, 0.1) is 12.3 Å². The molecule has 0 aliphatic heterocycles. The van der Waals surface area contributed by atoms with Crippen LogP contribution in [-0.2, 0) is 6.42 Å². The molecule has 0 aliphatic carbocycles. The molecule has 0 bridgehead atoms. The van der Waals surface area contributed by atoms with Gasteiger partial charge < -0.3 is 5.32 Å². The summed E-state index contributed by atoms with van der Waals surface area (Å²) in [5.74, 6) is 0. The number of hydrogen-bond donors (Lipinski definition) is 1. The Morgan fingerprint density at radius 3 is 2.50 bits per heavy atom. The van der Waals surface area contributed by atoms with Crippen LogP contribution in [0.3, 0.4) is 0 Å². The summed E-state index contributed by atoms with van der Waals surface area (Å²) in [6.45, 7) is 11.0. The Morgan fingerprint density at radius 1 is 1.20 bits per heavy atom. The van der Waals surface area contributed by atoms with Gasteiger partial charge in [-0.05, 0) is 55.3 Å². The molecule has 1 nitrogen and oxygen atoms in total. The monoisotopic (exact) mass is 295 g/mol. The zero-order valence-corrected chi connectivity index (χ0v) is 14.3. The van der Waals surface area contributed by atoms with Gasteiger partial charge in [-0.3, -0.25) is 0 Å². The van der Waals surface area contributed by atoms with Crippen LogP contribution in [-0.4, -0.2) is 13.1 Å². The SMILES string of the molecule is CCCCC(CC)(CNCC)Cc1ccc(C)cc1Cl. The minimum Gasteiger partial charge on any atom is -0.316 e. The average molecular weight is 296 g/mol. The molecule has 0 radical (unpaired) electrons. The molecule has 0 aliphatic rings. The third-order valence-corrected chi connectivity index (χ3v) is 4.69. The molecule has 1 aromatic carbocycles. The van der Waals surface area contributed by atoms with Crippen LogP contribution >= 0.6 is 11.6 Å². The molecule has 1 atom stereocenters. The second kappa shape index (κ2) is 8.69. The molecule has 114 valence electrons. The second-order valence-electron chi connectivity index (χ2n) is 6.01. The molecule has 0 aromatic heterocycles. The van der Waals surface area contributed by atoms with E-state index >= 15 is 0 Å². The lowest BCUT2D eigenvalue weighted by Crippen LogP contribution is -2.36. The maximum Gasteiger partial charge on any atom is 0.0440 e. The lowest BCUT2D eigenvalue weighted by Gasteiger charge is -2.34. The minimum absolute atomic E-state index is 0.338. The lowest BCUT2D eigenvalue weighted by atomic mass is 9.75. The number of nitrogens with one attached hydrogen (secondary N) is 1. The van der Waals surface area contributed by atoms with Crippen LogP contribution in [0.4, 0.5) is 0 Å². The van der Waals surface area contributed by atoms with Crippen molar-refractivity contribution in [2.45, 2.75) is 59.8 Å². The molecule has 0 heterocycles. The molecule has 1 rings (SSSR count). The quantitative estimate of drug-likeness (QED) is 0.644. The molecule has 0 saturated heterocycles. The van der Waals surface area contributed by atoms with Gasteiger partial charge in [-0.15, -0.1) is 0 Å². The Bertz CT molecular complexity index is 392. The Morgan fingerprint density at radius 2 is 1.95 bits per heavy atom. The third kappa shape index (κ3) is 5.10. The van der Waals surface area contributed by atoms with E-state index in [9.17, 15) is 0 Å². The van der Waals surface area contributed by atoms with Crippen molar-refractivity contribution in [2.75, 3.05) is 13.1 Å². The average Bonchev–Trinajstić information content (AvgIpc) is 2.45. The number of rotatable bonds is 9. The van der Waals surface area contributed by atoms with Gasteiger partial charge in [0.25, 0.3) is 0 Å². The van der Waals surface area contributed by atoms with Crippen molar-refractivity contribution >= 4 is 11.6 Å². The summed E-state index contributed by atoms with van der Waals surface area (Å²) >= 11 is 6.44.